The van der Waals surface area contributed by atoms with Crippen LogP contribution in [0.15, 0.2) is 24.3 Å². The number of rotatable bonds is 2. The van der Waals surface area contributed by atoms with Gasteiger partial charge < -0.3 is 10.8 Å². The Morgan fingerprint density at radius 1 is 1.36 bits per heavy atom. The average molecular weight is 155 g/mol. The molecule has 0 radical (unpaired) electrons. The molecule has 0 aliphatic carbocycles. The topological polar surface area (TPSA) is 46.2 Å². The highest BCUT2D eigenvalue weighted by Gasteiger charge is 1.99. The van der Waals surface area contributed by atoms with Crippen LogP contribution in [-0.2, 0) is 6.42 Å². The number of hydrogen-bond donors (Lipinski definition) is 2. The maximum Gasteiger partial charge on any atom is 0.152 e. The molecular weight excluding hydrogens is 145 g/mol. The van der Waals surface area contributed by atoms with E-state index < -0.39 is 6.30 Å². The Labute approximate surface area is 64.5 Å². The van der Waals surface area contributed by atoms with E-state index in [1.54, 1.807) is 12.1 Å². The van der Waals surface area contributed by atoms with Crippen molar-refractivity contribution >= 4 is 0 Å². The quantitative estimate of drug-likeness (QED) is 0.630. The lowest BCUT2D eigenvalue weighted by Gasteiger charge is -2.01. The van der Waals surface area contributed by atoms with E-state index in [0.29, 0.717) is 0 Å². The zero-order chi connectivity index (χ0) is 8.27. The number of halogens is 1. The van der Waals surface area contributed by atoms with Gasteiger partial charge >= 0.3 is 0 Å². The van der Waals surface area contributed by atoms with Gasteiger partial charge in [0.15, 0.2) is 6.30 Å². The normalized spacial score (nSPS) is 12.9. The van der Waals surface area contributed by atoms with Crippen LogP contribution in [0.25, 0.3) is 0 Å². The molecule has 0 heterocycles. The maximum absolute atomic E-state index is 12.2. The molecule has 0 saturated heterocycles. The third-order valence-electron chi connectivity index (χ3n) is 1.37. The van der Waals surface area contributed by atoms with Crippen molar-refractivity contribution in [3.05, 3.63) is 29.8 Å². The van der Waals surface area contributed by atoms with Gasteiger partial charge in [0.1, 0.15) is 5.75 Å². The van der Waals surface area contributed by atoms with Gasteiger partial charge in [-0.05, 0) is 17.7 Å². The molecule has 3 N–H and O–H groups in total. The Bertz CT molecular complexity index is 220. The van der Waals surface area contributed by atoms with Gasteiger partial charge in [0.25, 0.3) is 0 Å². The molecule has 0 bridgehead atoms. The summed E-state index contributed by atoms with van der Waals surface area (Å²) >= 11 is 0. The summed E-state index contributed by atoms with van der Waals surface area (Å²) in [5.74, 6) is 0.182. The van der Waals surface area contributed by atoms with Gasteiger partial charge in [-0.25, -0.2) is 4.39 Å². The monoisotopic (exact) mass is 155 g/mol. The van der Waals surface area contributed by atoms with Crippen LogP contribution in [0.4, 0.5) is 4.39 Å². The fourth-order valence-electron chi connectivity index (χ4n) is 0.857. The first-order valence-corrected chi connectivity index (χ1v) is 3.36. The van der Waals surface area contributed by atoms with Crippen molar-refractivity contribution in [2.75, 3.05) is 0 Å². The molecule has 0 saturated carbocycles. The van der Waals surface area contributed by atoms with E-state index in [0.717, 1.165) is 5.56 Å². The summed E-state index contributed by atoms with van der Waals surface area (Å²) in [5.41, 5.74) is 5.72. The predicted octanol–water partition coefficient (Wildman–Crippen LogP) is 1.19. The Kier molecular flexibility index (Phi) is 2.44. The summed E-state index contributed by atoms with van der Waals surface area (Å²) in [6.07, 6.45) is -1.13. The number of alkyl halides is 1. The summed E-state index contributed by atoms with van der Waals surface area (Å²) < 4.78 is 12.2. The maximum atomic E-state index is 12.2. The lowest BCUT2D eigenvalue weighted by atomic mass is 10.1. The minimum Gasteiger partial charge on any atom is -0.508 e. The van der Waals surface area contributed by atoms with Crippen molar-refractivity contribution in [1.82, 2.24) is 0 Å². The lowest BCUT2D eigenvalue weighted by molar-refractivity contribution is 0.342. The van der Waals surface area contributed by atoms with Crippen LogP contribution in [0.1, 0.15) is 5.56 Å². The number of phenolic OH excluding ortho intramolecular Hbond substituents is 1. The molecule has 0 amide bonds. The van der Waals surface area contributed by atoms with Crippen molar-refractivity contribution in [3.63, 3.8) is 0 Å². The van der Waals surface area contributed by atoms with Crippen molar-refractivity contribution in [1.29, 1.82) is 0 Å². The van der Waals surface area contributed by atoms with Gasteiger partial charge in [-0.3, -0.25) is 0 Å². The zero-order valence-electron chi connectivity index (χ0n) is 6.00. The second-order valence-corrected chi connectivity index (χ2v) is 2.39. The summed E-state index contributed by atoms with van der Waals surface area (Å²) in [4.78, 5) is 0. The van der Waals surface area contributed by atoms with E-state index in [1.165, 1.54) is 12.1 Å². The Balaban J connectivity index is 2.66. The summed E-state index contributed by atoms with van der Waals surface area (Å²) in [7, 11) is 0. The van der Waals surface area contributed by atoms with Crippen LogP contribution in [-0.4, -0.2) is 11.4 Å². The summed E-state index contributed by atoms with van der Waals surface area (Å²) in [5, 5.41) is 8.87. The molecule has 2 nitrogen and oxygen atoms in total. The number of nitrogens with two attached hydrogens (primary N) is 1. The van der Waals surface area contributed by atoms with Gasteiger partial charge in [-0.15, -0.1) is 0 Å². The molecule has 1 unspecified atom stereocenters. The highest BCUT2D eigenvalue weighted by Crippen LogP contribution is 2.10. The third-order valence-corrected chi connectivity index (χ3v) is 1.37. The molecule has 0 spiro atoms. The Morgan fingerprint density at radius 2 is 1.91 bits per heavy atom. The number of hydrogen-bond acceptors (Lipinski definition) is 2. The van der Waals surface area contributed by atoms with Crippen LogP contribution in [0.2, 0.25) is 0 Å². The molecule has 60 valence electrons. The minimum absolute atomic E-state index is 0.182. The van der Waals surface area contributed by atoms with Crippen molar-refractivity contribution in [2.24, 2.45) is 5.73 Å². The molecule has 0 aliphatic rings. The summed E-state index contributed by atoms with van der Waals surface area (Å²) in [6.45, 7) is 0. The molecule has 1 atom stereocenters. The standard InChI is InChI=1S/C8H10FNO/c9-8(10)5-6-1-3-7(11)4-2-6/h1-4,8,11H,5,10H2. The SMILES string of the molecule is NC(F)Cc1ccc(O)cc1. The summed E-state index contributed by atoms with van der Waals surface area (Å²) in [6, 6.07) is 6.32. The highest BCUT2D eigenvalue weighted by molar-refractivity contribution is 5.26. The number of phenols is 1. The van der Waals surface area contributed by atoms with Crippen molar-refractivity contribution in [3.8, 4) is 5.75 Å². The molecular formula is C8H10FNO. The van der Waals surface area contributed by atoms with E-state index >= 15 is 0 Å². The highest BCUT2D eigenvalue weighted by atomic mass is 19.1. The largest absolute Gasteiger partial charge is 0.508 e. The van der Waals surface area contributed by atoms with Gasteiger partial charge in [0.05, 0.1) is 0 Å². The van der Waals surface area contributed by atoms with E-state index in [-0.39, 0.29) is 12.2 Å². The van der Waals surface area contributed by atoms with Gasteiger partial charge in [0, 0.05) is 6.42 Å². The number of benzene rings is 1. The molecule has 3 heteroatoms. The van der Waals surface area contributed by atoms with Crippen LogP contribution in [0, 0.1) is 0 Å². The van der Waals surface area contributed by atoms with E-state index in [2.05, 4.69) is 0 Å². The molecule has 1 aromatic rings. The predicted molar refractivity (Wildman–Crippen MR) is 40.9 cm³/mol. The van der Waals surface area contributed by atoms with Crippen LogP contribution >= 0.6 is 0 Å². The van der Waals surface area contributed by atoms with E-state index in [1.807, 2.05) is 0 Å². The average Bonchev–Trinajstić information content (AvgIpc) is 1.93. The smallest absolute Gasteiger partial charge is 0.152 e. The van der Waals surface area contributed by atoms with Crippen molar-refractivity contribution in [2.45, 2.75) is 12.7 Å². The zero-order valence-corrected chi connectivity index (χ0v) is 6.00. The van der Waals surface area contributed by atoms with Gasteiger partial charge in [-0.1, -0.05) is 12.1 Å². The third kappa shape index (κ3) is 2.55. The first-order chi connectivity index (χ1) is 5.18. The second kappa shape index (κ2) is 3.34. The Hall–Kier alpha value is -1.09. The van der Waals surface area contributed by atoms with E-state index in [9.17, 15) is 4.39 Å². The molecule has 1 aromatic carbocycles. The van der Waals surface area contributed by atoms with Gasteiger partial charge in [-0.2, -0.15) is 0 Å². The first-order valence-electron chi connectivity index (χ1n) is 3.36. The molecule has 0 aromatic heterocycles. The van der Waals surface area contributed by atoms with Crippen LogP contribution < -0.4 is 5.73 Å². The fraction of sp³-hybridized carbons (Fsp3) is 0.250. The Morgan fingerprint density at radius 3 is 2.36 bits per heavy atom. The fourth-order valence-corrected chi connectivity index (χ4v) is 0.857. The van der Waals surface area contributed by atoms with E-state index in [4.69, 9.17) is 10.8 Å². The van der Waals surface area contributed by atoms with Crippen molar-refractivity contribution < 1.29 is 9.50 Å². The molecule has 11 heavy (non-hydrogen) atoms. The first kappa shape index (κ1) is 8.01. The van der Waals surface area contributed by atoms with Gasteiger partial charge in [0.2, 0.25) is 0 Å². The minimum atomic E-state index is -1.32. The second-order valence-electron chi connectivity index (χ2n) is 2.39. The molecule has 0 fully saturated rings. The van der Waals surface area contributed by atoms with Crippen LogP contribution in [0.3, 0.4) is 0 Å². The molecule has 1 rings (SSSR count). The molecule has 0 aliphatic heterocycles. The van der Waals surface area contributed by atoms with Crippen LogP contribution in [0.5, 0.6) is 5.75 Å². The number of aromatic hydroxyl groups is 1. The lowest BCUT2D eigenvalue weighted by Crippen LogP contribution is -2.15.